The van der Waals surface area contributed by atoms with Crippen molar-refractivity contribution in [2.45, 2.75) is 72.9 Å². The molecule has 0 spiro atoms. The number of aliphatic hydroxyl groups is 8. The van der Waals surface area contributed by atoms with E-state index in [1.807, 2.05) is 0 Å². The third-order valence-corrected chi connectivity index (χ3v) is 11.0. The summed E-state index contributed by atoms with van der Waals surface area (Å²) in [6.45, 7) is -1.56. The molecular weight excluding hydrogens is 736 g/mol. The molecule has 0 radical (unpaired) electrons. The van der Waals surface area contributed by atoms with Crippen LogP contribution < -0.4 is 0 Å². The highest BCUT2D eigenvalue weighted by atomic mass is 16.6. The second-order valence-electron chi connectivity index (χ2n) is 14.3. The van der Waals surface area contributed by atoms with Crippen LogP contribution in [0.1, 0.15) is 63.0 Å². The molecule has 298 valence electrons. The van der Waals surface area contributed by atoms with E-state index in [1.54, 1.807) is 30.3 Å². The lowest BCUT2D eigenvalue weighted by Gasteiger charge is -2.40. The summed E-state index contributed by atoms with van der Waals surface area (Å²) >= 11 is 0. The average Bonchev–Trinajstić information content (AvgIpc) is 3.48. The molecule has 1 aliphatic carbocycles. The summed E-state index contributed by atoms with van der Waals surface area (Å²) in [6, 6.07) is 15.8. The molecule has 16 nitrogen and oxygen atoms in total. The molecule has 4 aromatic rings. The summed E-state index contributed by atoms with van der Waals surface area (Å²) in [5, 5.41) is 150. The molecule has 3 aliphatic rings. The van der Waals surface area contributed by atoms with E-state index in [0.717, 1.165) is 0 Å². The Kier molecular flexibility index (Phi) is 10.6. The van der Waals surface area contributed by atoms with Crippen molar-refractivity contribution in [3.05, 3.63) is 106 Å². The van der Waals surface area contributed by atoms with Crippen LogP contribution >= 0.6 is 0 Å². The lowest BCUT2D eigenvalue weighted by atomic mass is 9.78. The molecule has 16 heteroatoms. The SMILES string of the molecule is OC[C@H]1O[C@@H](c2c(O)cc([C@@H]3c4c(cc(O)c([C@@H]5O[C@H](CO)[C@@H](O)[C@H](O)[C@H]5O)c4O)/C(=C/c4ccc(O)cc4)[C@H]3c3ccc(O)cc3)cc2O)[C@H](O)[C@@H](O)[C@@H]1O. The first-order chi connectivity index (χ1) is 26.7. The van der Waals surface area contributed by atoms with E-state index in [2.05, 4.69) is 0 Å². The maximum Gasteiger partial charge on any atom is 0.129 e. The number of benzene rings is 4. The Bertz CT molecular complexity index is 2080. The maximum atomic E-state index is 12.3. The zero-order valence-corrected chi connectivity index (χ0v) is 29.3. The lowest BCUT2D eigenvalue weighted by molar-refractivity contribution is -0.232. The van der Waals surface area contributed by atoms with Gasteiger partial charge in [-0.05, 0) is 70.3 Å². The molecule has 0 aromatic heterocycles. The zero-order chi connectivity index (χ0) is 40.3. The van der Waals surface area contributed by atoms with Gasteiger partial charge in [0.15, 0.2) is 0 Å². The van der Waals surface area contributed by atoms with Crippen LogP contribution in [-0.2, 0) is 9.47 Å². The van der Waals surface area contributed by atoms with Crippen molar-refractivity contribution in [1.82, 2.24) is 0 Å². The molecule has 2 aliphatic heterocycles. The molecule has 56 heavy (non-hydrogen) atoms. The van der Waals surface area contributed by atoms with Gasteiger partial charge in [0.1, 0.15) is 95.5 Å². The molecule has 2 saturated heterocycles. The molecule has 4 aromatic carbocycles. The Morgan fingerprint density at radius 1 is 0.482 bits per heavy atom. The van der Waals surface area contributed by atoms with Gasteiger partial charge in [0.2, 0.25) is 0 Å². The van der Waals surface area contributed by atoms with E-state index in [0.29, 0.717) is 16.7 Å². The van der Waals surface area contributed by atoms with Crippen LogP contribution in [-0.4, -0.2) is 134 Å². The molecule has 12 atom stereocenters. The first-order valence-corrected chi connectivity index (χ1v) is 17.7. The lowest BCUT2D eigenvalue weighted by Crippen LogP contribution is -2.55. The van der Waals surface area contributed by atoms with Gasteiger partial charge in [0.25, 0.3) is 0 Å². The van der Waals surface area contributed by atoms with Gasteiger partial charge in [-0.2, -0.15) is 0 Å². The third kappa shape index (κ3) is 6.58. The molecule has 0 amide bonds. The zero-order valence-electron chi connectivity index (χ0n) is 29.3. The van der Waals surface area contributed by atoms with E-state index in [9.17, 15) is 71.5 Å². The summed E-state index contributed by atoms with van der Waals surface area (Å²) in [5.41, 5.74) is 1.17. The number of aromatic hydroxyl groups is 6. The van der Waals surface area contributed by atoms with Crippen LogP contribution in [0.4, 0.5) is 0 Å². The van der Waals surface area contributed by atoms with Gasteiger partial charge in [-0.1, -0.05) is 30.3 Å². The second kappa shape index (κ2) is 15.2. The molecule has 2 fully saturated rings. The van der Waals surface area contributed by atoms with Gasteiger partial charge in [-0.15, -0.1) is 0 Å². The van der Waals surface area contributed by atoms with Gasteiger partial charge in [0.05, 0.1) is 24.3 Å². The predicted octanol–water partition coefficient (Wildman–Crippen LogP) is 0.420. The number of phenolic OH excluding ortho intramolecular Hbond substituents is 6. The Labute approximate surface area is 318 Å². The summed E-state index contributed by atoms with van der Waals surface area (Å²) in [7, 11) is 0. The second-order valence-corrected chi connectivity index (χ2v) is 14.3. The van der Waals surface area contributed by atoms with E-state index in [4.69, 9.17) is 9.47 Å². The monoisotopic (exact) mass is 778 g/mol. The molecule has 7 rings (SSSR count). The third-order valence-electron chi connectivity index (χ3n) is 11.0. The Hall–Kier alpha value is -4.98. The highest BCUT2D eigenvalue weighted by Crippen LogP contribution is 2.61. The molecule has 2 heterocycles. The van der Waals surface area contributed by atoms with Crippen molar-refractivity contribution >= 4 is 11.6 Å². The first kappa shape index (κ1) is 39.3. The van der Waals surface area contributed by atoms with Crippen molar-refractivity contribution < 1.29 is 81.0 Å². The number of hydrogen-bond acceptors (Lipinski definition) is 16. The fraction of sp³-hybridized carbons (Fsp3) is 0.350. The molecule has 0 bridgehead atoms. The first-order valence-electron chi connectivity index (χ1n) is 17.7. The van der Waals surface area contributed by atoms with Crippen LogP contribution in [0.5, 0.6) is 34.5 Å². The van der Waals surface area contributed by atoms with Crippen molar-refractivity contribution in [3.63, 3.8) is 0 Å². The summed E-state index contributed by atoms with van der Waals surface area (Å²) in [4.78, 5) is 0. The van der Waals surface area contributed by atoms with Gasteiger partial charge >= 0.3 is 0 Å². The number of rotatable bonds is 7. The van der Waals surface area contributed by atoms with Crippen LogP contribution in [0.15, 0.2) is 66.7 Å². The summed E-state index contributed by atoms with van der Waals surface area (Å²) < 4.78 is 11.3. The van der Waals surface area contributed by atoms with E-state index >= 15 is 0 Å². The fourth-order valence-corrected chi connectivity index (χ4v) is 8.16. The molecular formula is C40H42O16. The Balaban J connectivity index is 1.47. The summed E-state index contributed by atoms with van der Waals surface area (Å²) in [5.74, 6) is -4.60. The predicted molar refractivity (Wildman–Crippen MR) is 194 cm³/mol. The topological polar surface area (TPSA) is 302 Å². The number of fused-ring (bicyclic) bond motifs is 1. The molecule has 14 N–H and O–H groups in total. The van der Waals surface area contributed by atoms with Crippen LogP contribution in [0.3, 0.4) is 0 Å². The number of aliphatic hydroxyl groups excluding tert-OH is 8. The minimum atomic E-state index is -1.91. The molecule has 0 saturated carbocycles. The van der Waals surface area contributed by atoms with Gasteiger partial charge in [-0.25, -0.2) is 0 Å². The largest absolute Gasteiger partial charge is 0.508 e. The highest BCUT2D eigenvalue weighted by molar-refractivity contribution is 5.93. The van der Waals surface area contributed by atoms with Crippen LogP contribution in [0.25, 0.3) is 11.6 Å². The van der Waals surface area contributed by atoms with Gasteiger partial charge < -0.3 is 81.0 Å². The van der Waals surface area contributed by atoms with Crippen molar-refractivity contribution in [1.29, 1.82) is 0 Å². The van der Waals surface area contributed by atoms with E-state index < -0.39 is 115 Å². The van der Waals surface area contributed by atoms with E-state index in [-0.39, 0.29) is 33.8 Å². The Morgan fingerprint density at radius 2 is 0.946 bits per heavy atom. The number of allylic oxidation sites excluding steroid dienone is 1. The van der Waals surface area contributed by atoms with Crippen LogP contribution in [0, 0.1) is 0 Å². The van der Waals surface area contributed by atoms with Crippen molar-refractivity contribution in [3.8, 4) is 34.5 Å². The smallest absolute Gasteiger partial charge is 0.129 e. The summed E-state index contributed by atoms with van der Waals surface area (Å²) in [6.07, 6.45) is -15.3. The number of ether oxygens (including phenoxy) is 2. The highest BCUT2D eigenvalue weighted by Gasteiger charge is 2.50. The maximum absolute atomic E-state index is 12.3. The van der Waals surface area contributed by atoms with Crippen molar-refractivity contribution in [2.24, 2.45) is 0 Å². The quantitative estimate of drug-likeness (QED) is 0.121. The number of phenols is 6. The fourth-order valence-electron chi connectivity index (χ4n) is 8.16. The average molecular weight is 779 g/mol. The standard InChI is InChI=1S/C40H42O16/c41-13-25-32(48)35(51)37(53)39(55-25)30-22(45)10-17(11-23(30)46)28-27(16-3-7-19(44)8-4-16)20(9-15-1-5-18(43)6-2-15)21-12-24(47)31(34(50)29(21)28)40-38(54)36(52)33(49)26(14-42)56-40/h1-12,25-28,32-33,35-54H,13-14H2/b20-9-/t25-,26-,27-,28+,32-,33-,35+,36+,37-,38-,39+,40+/m1/s1. The van der Waals surface area contributed by atoms with Crippen molar-refractivity contribution in [2.75, 3.05) is 13.2 Å². The van der Waals surface area contributed by atoms with Gasteiger partial charge in [-0.3, -0.25) is 0 Å². The normalized spacial score (nSPS) is 32.4. The Morgan fingerprint density at radius 3 is 1.45 bits per heavy atom. The van der Waals surface area contributed by atoms with Gasteiger partial charge in [0, 0.05) is 17.4 Å². The van der Waals surface area contributed by atoms with E-state index in [1.165, 1.54) is 42.5 Å². The minimum Gasteiger partial charge on any atom is -0.508 e. The molecule has 0 unspecified atom stereocenters. The van der Waals surface area contributed by atoms with Crippen LogP contribution in [0.2, 0.25) is 0 Å². The number of hydrogen-bond donors (Lipinski definition) is 14. The minimum absolute atomic E-state index is 0.0168.